The number of hydrogen-bond donors (Lipinski definition) is 1. The Morgan fingerprint density at radius 1 is 1.32 bits per heavy atom. The summed E-state index contributed by atoms with van der Waals surface area (Å²) in [5, 5.41) is 3.31. The first kappa shape index (κ1) is 14.8. The molecule has 0 saturated carbocycles. The van der Waals surface area contributed by atoms with Crippen molar-refractivity contribution in [2.75, 3.05) is 39.3 Å². The monoisotopic (exact) mass is 267 g/mol. The molecule has 4 nitrogen and oxygen atoms in total. The Hall–Kier alpha value is -0.610. The van der Waals surface area contributed by atoms with Gasteiger partial charge in [0.2, 0.25) is 5.91 Å². The molecule has 1 amide bonds. The van der Waals surface area contributed by atoms with Crippen LogP contribution >= 0.6 is 0 Å². The summed E-state index contributed by atoms with van der Waals surface area (Å²) in [4.78, 5) is 17.1. The fourth-order valence-corrected chi connectivity index (χ4v) is 3.40. The number of carbonyl (C=O) groups is 1. The van der Waals surface area contributed by atoms with Gasteiger partial charge in [0, 0.05) is 32.7 Å². The number of amides is 1. The van der Waals surface area contributed by atoms with Gasteiger partial charge in [-0.2, -0.15) is 0 Å². The molecular formula is C15H29N3O. The number of rotatable bonds is 5. The summed E-state index contributed by atoms with van der Waals surface area (Å²) >= 11 is 0. The van der Waals surface area contributed by atoms with Crippen molar-refractivity contribution < 1.29 is 4.79 Å². The molecule has 2 fully saturated rings. The number of likely N-dealkylation sites (tertiary alicyclic amines) is 1. The van der Waals surface area contributed by atoms with E-state index in [0.717, 1.165) is 45.7 Å². The van der Waals surface area contributed by atoms with Crippen molar-refractivity contribution in [1.82, 2.24) is 15.1 Å². The lowest BCUT2D eigenvalue weighted by molar-refractivity contribution is -0.136. The average molecular weight is 267 g/mol. The fourth-order valence-electron chi connectivity index (χ4n) is 3.40. The maximum Gasteiger partial charge on any atom is 0.240 e. The van der Waals surface area contributed by atoms with Gasteiger partial charge in [-0.05, 0) is 31.7 Å². The molecule has 0 aromatic rings. The molecule has 2 aliphatic rings. The predicted molar refractivity (Wildman–Crippen MR) is 78.1 cm³/mol. The molecule has 0 spiro atoms. The minimum Gasteiger partial charge on any atom is -0.339 e. The van der Waals surface area contributed by atoms with Crippen molar-refractivity contribution in [3.63, 3.8) is 0 Å². The summed E-state index contributed by atoms with van der Waals surface area (Å²) in [6.45, 7) is 10.4. The average Bonchev–Trinajstić information content (AvgIpc) is 2.87. The standard InChI is InChI=1S/C15H29N3O/c1-3-5-13(2)12-18-9-4-6-14(18)15(19)17-10-7-16-8-11-17/h13-14,16H,3-12H2,1-2H3. The van der Waals surface area contributed by atoms with E-state index in [1.165, 1.54) is 19.3 Å². The summed E-state index contributed by atoms with van der Waals surface area (Å²) < 4.78 is 0. The van der Waals surface area contributed by atoms with Crippen molar-refractivity contribution in [1.29, 1.82) is 0 Å². The smallest absolute Gasteiger partial charge is 0.240 e. The molecule has 0 aliphatic carbocycles. The zero-order valence-electron chi connectivity index (χ0n) is 12.5. The second kappa shape index (κ2) is 7.25. The van der Waals surface area contributed by atoms with Gasteiger partial charge in [-0.15, -0.1) is 0 Å². The third-order valence-corrected chi connectivity index (χ3v) is 4.41. The molecule has 0 bridgehead atoms. The maximum absolute atomic E-state index is 12.6. The molecule has 2 rings (SSSR count). The van der Waals surface area contributed by atoms with E-state index in [2.05, 4.69) is 29.0 Å². The van der Waals surface area contributed by atoms with Gasteiger partial charge in [0.25, 0.3) is 0 Å². The van der Waals surface area contributed by atoms with Crippen LogP contribution in [0, 0.1) is 5.92 Å². The first-order valence-corrected chi connectivity index (χ1v) is 7.96. The molecule has 0 aromatic heterocycles. The predicted octanol–water partition coefficient (Wildman–Crippen LogP) is 1.32. The summed E-state index contributed by atoms with van der Waals surface area (Å²) in [6.07, 6.45) is 4.75. The van der Waals surface area contributed by atoms with Crippen LogP contribution in [0.2, 0.25) is 0 Å². The summed E-state index contributed by atoms with van der Waals surface area (Å²) in [6, 6.07) is 0.164. The highest BCUT2D eigenvalue weighted by molar-refractivity contribution is 5.82. The fraction of sp³-hybridized carbons (Fsp3) is 0.933. The molecule has 2 unspecified atom stereocenters. The molecule has 110 valence electrons. The first-order valence-electron chi connectivity index (χ1n) is 7.96. The van der Waals surface area contributed by atoms with Crippen LogP contribution in [0.1, 0.15) is 39.5 Å². The number of hydrogen-bond acceptors (Lipinski definition) is 3. The van der Waals surface area contributed by atoms with Gasteiger partial charge >= 0.3 is 0 Å². The SMILES string of the molecule is CCCC(C)CN1CCCC1C(=O)N1CCNCC1. The lowest BCUT2D eigenvalue weighted by Gasteiger charge is -2.33. The van der Waals surface area contributed by atoms with Crippen molar-refractivity contribution in [3.05, 3.63) is 0 Å². The van der Waals surface area contributed by atoms with Gasteiger partial charge in [0.05, 0.1) is 6.04 Å². The Labute approximate surface area is 117 Å². The minimum atomic E-state index is 0.164. The molecule has 0 radical (unpaired) electrons. The zero-order chi connectivity index (χ0) is 13.7. The van der Waals surface area contributed by atoms with Crippen LogP contribution in [0.5, 0.6) is 0 Å². The second-order valence-electron chi connectivity index (χ2n) is 6.12. The molecule has 0 aromatic carbocycles. The third kappa shape index (κ3) is 3.93. The van der Waals surface area contributed by atoms with Crippen LogP contribution < -0.4 is 5.32 Å². The Bertz CT molecular complexity index is 289. The van der Waals surface area contributed by atoms with E-state index in [4.69, 9.17) is 0 Å². The summed E-state index contributed by atoms with van der Waals surface area (Å²) in [5.41, 5.74) is 0. The quantitative estimate of drug-likeness (QED) is 0.816. The van der Waals surface area contributed by atoms with E-state index in [9.17, 15) is 4.79 Å². The van der Waals surface area contributed by atoms with Crippen molar-refractivity contribution in [2.45, 2.75) is 45.6 Å². The van der Waals surface area contributed by atoms with Gasteiger partial charge in [0.1, 0.15) is 0 Å². The second-order valence-corrected chi connectivity index (χ2v) is 6.12. The first-order chi connectivity index (χ1) is 9.22. The molecule has 4 heteroatoms. The molecular weight excluding hydrogens is 238 g/mol. The van der Waals surface area contributed by atoms with Gasteiger partial charge in [-0.25, -0.2) is 0 Å². The topological polar surface area (TPSA) is 35.6 Å². The minimum absolute atomic E-state index is 0.164. The molecule has 1 N–H and O–H groups in total. The number of nitrogens with one attached hydrogen (secondary N) is 1. The van der Waals surface area contributed by atoms with E-state index >= 15 is 0 Å². The van der Waals surface area contributed by atoms with Crippen LogP contribution in [0.4, 0.5) is 0 Å². The molecule has 2 aliphatic heterocycles. The van der Waals surface area contributed by atoms with Crippen molar-refractivity contribution in [2.24, 2.45) is 5.92 Å². The van der Waals surface area contributed by atoms with E-state index in [1.807, 2.05) is 0 Å². The number of carbonyl (C=O) groups excluding carboxylic acids is 1. The summed E-state index contributed by atoms with van der Waals surface area (Å²) in [7, 11) is 0. The zero-order valence-corrected chi connectivity index (χ0v) is 12.5. The molecule has 2 heterocycles. The van der Waals surface area contributed by atoms with E-state index in [1.54, 1.807) is 0 Å². The van der Waals surface area contributed by atoms with Crippen LogP contribution in [0.15, 0.2) is 0 Å². The largest absolute Gasteiger partial charge is 0.339 e. The van der Waals surface area contributed by atoms with Crippen LogP contribution in [0.25, 0.3) is 0 Å². The Balaban J connectivity index is 1.88. The highest BCUT2D eigenvalue weighted by Gasteiger charge is 2.34. The van der Waals surface area contributed by atoms with E-state index < -0.39 is 0 Å². The highest BCUT2D eigenvalue weighted by Crippen LogP contribution is 2.22. The van der Waals surface area contributed by atoms with Crippen molar-refractivity contribution >= 4 is 5.91 Å². The Morgan fingerprint density at radius 3 is 2.74 bits per heavy atom. The number of nitrogens with zero attached hydrogens (tertiary/aromatic N) is 2. The lowest BCUT2D eigenvalue weighted by atomic mass is 10.0. The normalized spacial score (nSPS) is 26.6. The number of piperazine rings is 1. The Morgan fingerprint density at radius 2 is 2.05 bits per heavy atom. The maximum atomic E-state index is 12.6. The lowest BCUT2D eigenvalue weighted by Crippen LogP contribution is -2.52. The van der Waals surface area contributed by atoms with Crippen LogP contribution in [0.3, 0.4) is 0 Å². The Kier molecular flexibility index (Phi) is 5.64. The van der Waals surface area contributed by atoms with Crippen LogP contribution in [-0.4, -0.2) is 61.0 Å². The molecule has 2 saturated heterocycles. The highest BCUT2D eigenvalue weighted by atomic mass is 16.2. The van der Waals surface area contributed by atoms with Gasteiger partial charge in [-0.3, -0.25) is 9.69 Å². The van der Waals surface area contributed by atoms with E-state index in [0.29, 0.717) is 11.8 Å². The van der Waals surface area contributed by atoms with Gasteiger partial charge in [-0.1, -0.05) is 20.3 Å². The van der Waals surface area contributed by atoms with Gasteiger partial charge in [0.15, 0.2) is 0 Å². The molecule has 19 heavy (non-hydrogen) atoms. The van der Waals surface area contributed by atoms with E-state index in [-0.39, 0.29) is 6.04 Å². The molecule has 2 atom stereocenters. The van der Waals surface area contributed by atoms with Crippen LogP contribution in [-0.2, 0) is 4.79 Å². The summed E-state index contributed by atoms with van der Waals surface area (Å²) in [5.74, 6) is 1.09. The van der Waals surface area contributed by atoms with Crippen molar-refractivity contribution in [3.8, 4) is 0 Å². The van der Waals surface area contributed by atoms with Gasteiger partial charge < -0.3 is 10.2 Å². The third-order valence-electron chi connectivity index (χ3n) is 4.41.